The van der Waals surface area contributed by atoms with Gasteiger partial charge in [0.2, 0.25) is 0 Å². The van der Waals surface area contributed by atoms with Crippen molar-refractivity contribution in [3.63, 3.8) is 0 Å². The summed E-state index contributed by atoms with van der Waals surface area (Å²) < 4.78 is 20.6. The van der Waals surface area contributed by atoms with Crippen molar-refractivity contribution in [2.45, 2.75) is 33.9 Å². The zero-order valence-corrected chi connectivity index (χ0v) is 10.9. The summed E-state index contributed by atoms with van der Waals surface area (Å²) >= 11 is 0. The maximum absolute atomic E-state index is 13.0. The zero-order valence-electron chi connectivity index (χ0n) is 10.9. The Morgan fingerprint density at radius 2 is 2.06 bits per heavy atom. The SMILES string of the molecule is CCn1nc(C)cc1COc1ccc(F)cc1C. The van der Waals surface area contributed by atoms with E-state index in [4.69, 9.17) is 4.74 Å². The van der Waals surface area contributed by atoms with Crippen LogP contribution in [-0.2, 0) is 13.2 Å². The van der Waals surface area contributed by atoms with Crippen LogP contribution in [0.3, 0.4) is 0 Å². The quantitative estimate of drug-likeness (QED) is 0.830. The van der Waals surface area contributed by atoms with Crippen molar-refractivity contribution in [2.24, 2.45) is 0 Å². The molecule has 3 nitrogen and oxygen atoms in total. The predicted octanol–water partition coefficient (Wildman–Crippen LogP) is 3.24. The highest BCUT2D eigenvalue weighted by Crippen LogP contribution is 2.19. The summed E-state index contributed by atoms with van der Waals surface area (Å²) in [4.78, 5) is 0. The molecule has 2 aromatic rings. The Morgan fingerprint density at radius 1 is 1.28 bits per heavy atom. The van der Waals surface area contributed by atoms with Crippen LogP contribution in [0.25, 0.3) is 0 Å². The zero-order chi connectivity index (χ0) is 13.1. The van der Waals surface area contributed by atoms with Gasteiger partial charge in [-0.2, -0.15) is 5.10 Å². The summed E-state index contributed by atoms with van der Waals surface area (Å²) in [5, 5.41) is 4.35. The molecule has 1 aromatic carbocycles. The molecule has 0 radical (unpaired) electrons. The minimum Gasteiger partial charge on any atom is -0.487 e. The van der Waals surface area contributed by atoms with Gasteiger partial charge in [0.05, 0.1) is 11.4 Å². The topological polar surface area (TPSA) is 27.1 Å². The number of aryl methyl sites for hydroxylation is 3. The summed E-state index contributed by atoms with van der Waals surface area (Å²) in [5.41, 5.74) is 2.80. The average molecular weight is 248 g/mol. The van der Waals surface area contributed by atoms with Crippen molar-refractivity contribution in [2.75, 3.05) is 0 Å². The molecule has 0 saturated heterocycles. The van der Waals surface area contributed by atoms with Gasteiger partial charge in [-0.25, -0.2) is 4.39 Å². The Kier molecular flexibility index (Phi) is 3.65. The van der Waals surface area contributed by atoms with Crippen LogP contribution in [-0.4, -0.2) is 9.78 Å². The third-order valence-corrected chi connectivity index (χ3v) is 2.80. The molecule has 4 heteroatoms. The van der Waals surface area contributed by atoms with Gasteiger partial charge in [-0.3, -0.25) is 4.68 Å². The van der Waals surface area contributed by atoms with E-state index in [-0.39, 0.29) is 5.82 Å². The van der Waals surface area contributed by atoms with Crippen LogP contribution in [0, 0.1) is 19.7 Å². The van der Waals surface area contributed by atoms with Crippen molar-refractivity contribution in [1.29, 1.82) is 0 Å². The van der Waals surface area contributed by atoms with Crippen LogP contribution in [0.1, 0.15) is 23.9 Å². The molecular weight excluding hydrogens is 231 g/mol. The number of hydrogen-bond donors (Lipinski definition) is 0. The molecule has 0 saturated carbocycles. The van der Waals surface area contributed by atoms with Gasteiger partial charge < -0.3 is 4.74 Å². The maximum Gasteiger partial charge on any atom is 0.130 e. The van der Waals surface area contributed by atoms with E-state index in [0.29, 0.717) is 12.4 Å². The summed E-state index contributed by atoms with van der Waals surface area (Å²) in [6, 6.07) is 6.54. The highest BCUT2D eigenvalue weighted by Gasteiger charge is 2.06. The number of halogens is 1. The lowest BCUT2D eigenvalue weighted by molar-refractivity contribution is 0.290. The van der Waals surface area contributed by atoms with Crippen LogP contribution in [0.5, 0.6) is 5.75 Å². The molecule has 0 aliphatic carbocycles. The molecule has 0 unspecified atom stereocenters. The normalized spacial score (nSPS) is 10.7. The van der Waals surface area contributed by atoms with Crippen LogP contribution in [0.15, 0.2) is 24.3 Å². The second-order valence-electron chi connectivity index (χ2n) is 4.29. The first-order valence-electron chi connectivity index (χ1n) is 6.02. The molecule has 1 heterocycles. The Hall–Kier alpha value is -1.84. The molecule has 96 valence electrons. The van der Waals surface area contributed by atoms with E-state index in [1.807, 2.05) is 31.5 Å². The first kappa shape index (κ1) is 12.6. The van der Waals surface area contributed by atoms with Gasteiger partial charge in [-0.05, 0) is 50.6 Å². The minimum atomic E-state index is -0.241. The molecule has 0 amide bonds. The fourth-order valence-corrected chi connectivity index (χ4v) is 1.92. The number of ether oxygens (including phenoxy) is 1. The molecule has 0 fully saturated rings. The Bertz CT molecular complexity index is 549. The van der Waals surface area contributed by atoms with E-state index in [9.17, 15) is 4.39 Å². The first-order valence-corrected chi connectivity index (χ1v) is 6.02. The largest absolute Gasteiger partial charge is 0.487 e. The standard InChI is InChI=1S/C14H17FN2O/c1-4-17-13(8-11(3)16-17)9-18-14-6-5-12(15)7-10(14)2/h5-8H,4,9H2,1-3H3. The van der Waals surface area contributed by atoms with Crippen molar-refractivity contribution in [3.05, 3.63) is 47.0 Å². The number of aromatic nitrogens is 2. The van der Waals surface area contributed by atoms with E-state index < -0.39 is 0 Å². The van der Waals surface area contributed by atoms with Crippen LogP contribution in [0.2, 0.25) is 0 Å². The summed E-state index contributed by atoms with van der Waals surface area (Å²) in [7, 11) is 0. The van der Waals surface area contributed by atoms with Crippen LogP contribution in [0.4, 0.5) is 4.39 Å². The lowest BCUT2D eigenvalue weighted by Crippen LogP contribution is -2.06. The molecule has 2 rings (SSSR count). The van der Waals surface area contributed by atoms with Crippen LogP contribution >= 0.6 is 0 Å². The van der Waals surface area contributed by atoms with Crippen LogP contribution < -0.4 is 4.74 Å². The predicted molar refractivity (Wildman–Crippen MR) is 68.1 cm³/mol. The van der Waals surface area contributed by atoms with Gasteiger partial charge in [0.1, 0.15) is 18.2 Å². The lowest BCUT2D eigenvalue weighted by Gasteiger charge is -2.10. The van der Waals surface area contributed by atoms with Gasteiger partial charge in [0.25, 0.3) is 0 Å². The molecule has 0 spiro atoms. The van der Waals surface area contributed by atoms with Gasteiger partial charge >= 0.3 is 0 Å². The highest BCUT2D eigenvalue weighted by atomic mass is 19.1. The first-order chi connectivity index (χ1) is 8.60. The lowest BCUT2D eigenvalue weighted by atomic mass is 10.2. The summed E-state index contributed by atoms with van der Waals surface area (Å²) in [6.07, 6.45) is 0. The molecule has 0 bridgehead atoms. The third-order valence-electron chi connectivity index (χ3n) is 2.80. The molecular formula is C14H17FN2O. The molecule has 18 heavy (non-hydrogen) atoms. The van der Waals surface area contributed by atoms with Crippen molar-refractivity contribution < 1.29 is 9.13 Å². The molecule has 0 atom stereocenters. The minimum absolute atomic E-state index is 0.241. The fourth-order valence-electron chi connectivity index (χ4n) is 1.92. The van der Waals surface area contributed by atoms with E-state index in [2.05, 4.69) is 5.10 Å². The van der Waals surface area contributed by atoms with E-state index in [0.717, 1.165) is 23.5 Å². The number of rotatable bonds is 4. The second kappa shape index (κ2) is 5.21. The van der Waals surface area contributed by atoms with E-state index in [1.165, 1.54) is 12.1 Å². The average Bonchev–Trinajstić information content (AvgIpc) is 2.68. The fraction of sp³-hybridized carbons (Fsp3) is 0.357. The molecule has 0 aliphatic heterocycles. The van der Waals surface area contributed by atoms with Gasteiger partial charge in [0, 0.05) is 6.54 Å². The van der Waals surface area contributed by atoms with Gasteiger partial charge in [-0.1, -0.05) is 0 Å². The molecule has 0 N–H and O–H groups in total. The Morgan fingerprint density at radius 3 is 2.72 bits per heavy atom. The molecule has 1 aromatic heterocycles. The maximum atomic E-state index is 13.0. The Labute approximate surface area is 106 Å². The summed E-state index contributed by atoms with van der Waals surface area (Å²) in [6.45, 7) is 7.09. The monoisotopic (exact) mass is 248 g/mol. The van der Waals surface area contributed by atoms with E-state index >= 15 is 0 Å². The van der Waals surface area contributed by atoms with Crippen molar-refractivity contribution in [1.82, 2.24) is 9.78 Å². The second-order valence-corrected chi connectivity index (χ2v) is 4.29. The number of benzene rings is 1. The molecule has 0 aliphatic rings. The number of nitrogens with zero attached hydrogens (tertiary/aromatic N) is 2. The summed E-state index contributed by atoms with van der Waals surface area (Å²) in [5.74, 6) is 0.465. The van der Waals surface area contributed by atoms with Gasteiger partial charge in [-0.15, -0.1) is 0 Å². The van der Waals surface area contributed by atoms with Crippen molar-refractivity contribution >= 4 is 0 Å². The third kappa shape index (κ3) is 2.70. The van der Waals surface area contributed by atoms with Gasteiger partial charge in [0.15, 0.2) is 0 Å². The highest BCUT2D eigenvalue weighted by molar-refractivity contribution is 5.32. The smallest absolute Gasteiger partial charge is 0.130 e. The Balaban J connectivity index is 2.11. The van der Waals surface area contributed by atoms with Crippen molar-refractivity contribution in [3.8, 4) is 5.75 Å². The number of hydrogen-bond acceptors (Lipinski definition) is 2. The van der Waals surface area contributed by atoms with E-state index in [1.54, 1.807) is 6.07 Å².